The molecule has 0 aliphatic rings. The molecule has 0 fully saturated rings. The van der Waals surface area contributed by atoms with Crippen LogP contribution in [0.25, 0.3) is 0 Å². The van der Waals surface area contributed by atoms with E-state index in [0.29, 0.717) is 11.6 Å². The monoisotopic (exact) mass is 340 g/mol. The van der Waals surface area contributed by atoms with E-state index in [1.807, 2.05) is 0 Å². The number of primary sulfonamides is 1. The number of carbonyl (C=O) groups excluding carboxylic acids is 1. The van der Waals surface area contributed by atoms with Crippen molar-refractivity contribution >= 4 is 15.9 Å². The highest BCUT2D eigenvalue weighted by Crippen LogP contribution is 2.18. The number of benzene rings is 2. The molecule has 0 spiro atoms. The van der Waals surface area contributed by atoms with Crippen molar-refractivity contribution in [1.82, 2.24) is 5.32 Å². The van der Waals surface area contributed by atoms with Gasteiger partial charge in [0.1, 0.15) is 11.6 Å². The summed E-state index contributed by atoms with van der Waals surface area (Å²) < 4.78 is 49.1. The van der Waals surface area contributed by atoms with Gasteiger partial charge in [0.15, 0.2) is 0 Å². The van der Waals surface area contributed by atoms with E-state index >= 15 is 0 Å². The van der Waals surface area contributed by atoms with Crippen LogP contribution in [-0.2, 0) is 10.0 Å². The standard InChI is InChI=1S/C15H14F2N2O3S/c1-9(10-3-2-4-12(7-10)23(18,21)22)19-15(20)13-6-5-11(16)8-14(13)17/h2-9H,1H3,(H,19,20)(H2,18,21,22). The zero-order valence-electron chi connectivity index (χ0n) is 12.1. The van der Waals surface area contributed by atoms with E-state index in [2.05, 4.69) is 5.32 Å². The third-order valence-corrected chi connectivity index (χ3v) is 4.12. The summed E-state index contributed by atoms with van der Waals surface area (Å²) in [4.78, 5) is 11.9. The number of amides is 1. The van der Waals surface area contributed by atoms with Crippen molar-refractivity contribution in [2.75, 3.05) is 0 Å². The molecule has 0 saturated carbocycles. The Morgan fingerprint density at radius 1 is 1.17 bits per heavy atom. The average molecular weight is 340 g/mol. The molecule has 0 radical (unpaired) electrons. The van der Waals surface area contributed by atoms with Crippen LogP contribution in [0.15, 0.2) is 47.4 Å². The van der Waals surface area contributed by atoms with Crippen molar-refractivity contribution in [2.45, 2.75) is 17.9 Å². The number of nitrogens with two attached hydrogens (primary N) is 1. The van der Waals surface area contributed by atoms with E-state index in [1.54, 1.807) is 13.0 Å². The van der Waals surface area contributed by atoms with Crippen LogP contribution in [-0.4, -0.2) is 14.3 Å². The van der Waals surface area contributed by atoms with Gasteiger partial charge in [0.25, 0.3) is 5.91 Å². The molecular weight excluding hydrogens is 326 g/mol. The number of hydrogen-bond donors (Lipinski definition) is 2. The van der Waals surface area contributed by atoms with E-state index in [4.69, 9.17) is 5.14 Å². The molecular formula is C15H14F2N2O3S. The molecule has 2 rings (SSSR count). The Morgan fingerprint density at radius 2 is 1.87 bits per heavy atom. The summed E-state index contributed by atoms with van der Waals surface area (Å²) in [6.07, 6.45) is 0. The van der Waals surface area contributed by atoms with Crippen LogP contribution >= 0.6 is 0 Å². The third-order valence-electron chi connectivity index (χ3n) is 3.21. The summed E-state index contributed by atoms with van der Waals surface area (Å²) in [7, 11) is -3.87. The minimum absolute atomic E-state index is 0.0935. The van der Waals surface area contributed by atoms with Gasteiger partial charge in [0.05, 0.1) is 16.5 Å². The second kappa shape index (κ2) is 6.43. The Kier molecular flexibility index (Phi) is 4.76. The molecule has 1 atom stereocenters. The molecule has 1 unspecified atom stereocenters. The molecule has 8 heteroatoms. The Labute approximate surface area is 132 Å². The van der Waals surface area contributed by atoms with E-state index in [0.717, 1.165) is 12.1 Å². The fraction of sp³-hybridized carbons (Fsp3) is 0.133. The van der Waals surface area contributed by atoms with Crippen molar-refractivity contribution < 1.29 is 22.0 Å². The summed E-state index contributed by atoms with van der Waals surface area (Å²) in [5, 5.41) is 7.57. The zero-order chi connectivity index (χ0) is 17.2. The minimum Gasteiger partial charge on any atom is -0.345 e. The van der Waals surface area contributed by atoms with Gasteiger partial charge in [-0.15, -0.1) is 0 Å². The highest BCUT2D eigenvalue weighted by atomic mass is 32.2. The quantitative estimate of drug-likeness (QED) is 0.893. The predicted octanol–water partition coefficient (Wildman–Crippen LogP) is 2.10. The van der Waals surface area contributed by atoms with Crippen molar-refractivity contribution in [1.29, 1.82) is 0 Å². The molecule has 0 aliphatic carbocycles. The molecule has 5 nitrogen and oxygen atoms in total. The number of carbonyl (C=O) groups is 1. The van der Waals surface area contributed by atoms with E-state index in [9.17, 15) is 22.0 Å². The first-order valence-electron chi connectivity index (χ1n) is 6.57. The molecule has 1 amide bonds. The normalized spacial score (nSPS) is 12.7. The molecule has 23 heavy (non-hydrogen) atoms. The summed E-state index contributed by atoms with van der Waals surface area (Å²) >= 11 is 0. The highest BCUT2D eigenvalue weighted by Gasteiger charge is 2.17. The van der Waals surface area contributed by atoms with Crippen molar-refractivity contribution in [3.05, 3.63) is 65.2 Å². The van der Waals surface area contributed by atoms with Gasteiger partial charge in [-0.05, 0) is 36.8 Å². The Bertz CT molecular complexity index is 854. The summed E-state index contributed by atoms with van der Waals surface area (Å²) in [6.45, 7) is 1.60. The van der Waals surface area contributed by atoms with Crippen LogP contribution in [0.2, 0.25) is 0 Å². The van der Waals surface area contributed by atoms with Crippen LogP contribution in [0.3, 0.4) is 0 Å². The van der Waals surface area contributed by atoms with Crippen molar-refractivity contribution in [3.63, 3.8) is 0 Å². The molecule has 0 saturated heterocycles. The minimum atomic E-state index is -3.87. The lowest BCUT2D eigenvalue weighted by Gasteiger charge is -2.15. The summed E-state index contributed by atoms with van der Waals surface area (Å²) in [5.41, 5.74) is 0.174. The first kappa shape index (κ1) is 17.0. The average Bonchev–Trinajstić information content (AvgIpc) is 2.46. The maximum Gasteiger partial charge on any atom is 0.254 e. The largest absolute Gasteiger partial charge is 0.345 e. The maximum absolute atomic E-state index is 13.6. The molecule has 0 heterocycles. The number of rotatable bonds is 4. The lowest BCUT2D eigenvalue weighted by atomic mass is 10.1. The van der Waals surface area contributed by atoms with Gasteiger partial charge in [-0.2, -0.15) is 0 Å². The number of nitrogens with one attached hydrogen (secondary N) is 1. The highest BCUT2D eigenvalue weighted by molar-refractivity contribution is 7.89. The van der Waals surface area contributed by atoms with Gasteiger partial charge >= 0.3 is 0 Å². The van der Waals surface area contributed by atoms with E-state index in [-0.39, 0.29) is 10.5 Å². The number of halogens is 2. The fourth-order valence-corrected chi connectivity index (χ4v) is 2.56. The first-order chi connectivity index (χ1) is 10.7. The molecule has 2 aromatic rings. The number of hydrogen-bond acceptors (Lipinski definition) is 3. The second-order valence-corrected chi connectivity index (χ2v) is 6.50. The third kappa shape index (κ3) is 4.11. The van der Waals surface area contributed by atoms with Gasteiger partial charge in [0.2, 0.25) is 10.0 Å². The molecule has 0 bridgehead atoms. The van der Waals surface area contributed by atoms with Crippen LogP contribution in [0, 0.1) is 11.6 Å². The smallest absolute Gasteiger partial charge is 0.254 e. The van der Waals surface area contributed by atoms with Crippen LogP contribution < -0.4 is 10.5 Å². The van der Waals surface area contributed by atoms with Gasteiger partial charge in [-0.1, -0.05) is 12.1 Å². The Hall–Kier alpha value is -2.32. The first-order valence-corrected chi connectivity index (χ1v) is 8.12. The van der Waals surface area contributed by atoms with Gasteiger partial charge < -0.3 is 5.32 Å². The summed E-state index contributed by atoms with van der Waals surface area (Å²) in [6, 6.07) is 7.75. The molecule has 122 valence electrons. The maximum atomic E-state index is 13.6. The van der Waals surface area contributed by atoms with Crippen LogP contribution in [0.4, 0.5) is 8.78 Å². The van der Waals surface area contributed by atoms with E-state index in [1.165, 1.54) is 18.2 Å². The Morgan fingerprint density at radius 3 is 2.48 bits per heavy atom. The molecule has 0 aliphatic heterocycles. The second-order valence-electron chi connectivity index (χ2n) is 4.94. The number of sulfonamides is 1. The lowest BCUT2D eigenvalue weighted by Crippen LogP contribution is -2.27. The van der Waals surface area contributed by atoms with Gasteiger partial charge in [-0.25, -0.2) is 22.3 Å². The van der Waals surface area contributed by atoms with Crippen LogP contribution in [0.5, 0.6) is 0 Å². The summed E-state index contributed by atoms with van der Waals surface area (Å²) in [5.74, 6) is -2.50. The topological polar surface area (TPSA) is 89.3 Å². The van der Waals surface area contributed by atoms with E-state index < -0.39 is 33.6 Å². The predicted molar refractivity (Wildman–Crippen MR) is 80.1 cm³/mol. The Balaban J connectivity index is 2.22. The van der Waals surface area contributed by atoms with Gasteiger partial charge in [0, 0.05) is 6.07 Å². The van der Waals surface area contributed by atoms with Gasteiger partial charge in [-0.3, -0.25) is 4.79 Å². The molecule has 0 aromatic heterocycles. The molecule has 3 N–H and O–H groups in total. The fourth-order valence-electron chi connectivity index (χ4n) is 1.99. The van der Waals surface area contributed by atoms with Crippen molar-refractivity contribution in [3.8, 4) is 0 Å². The SMILES string of the molecule is CC(NC(=O)c1ccc(F)cc1F)c1cccc(S(N)(=O)=O)c1. The zero-order valence-corrected chi connectivity index (χ0v) is 12.9. The lowest BCUT2D eigenvalue weighted by molar-refractivity contribution is 0.0935. The molecule has 2 aromatic carbocycles. The van der Waals surface area contributed by atoms with Crippen molar-refractivity contribution in [2.24, 2.45) is 5.14 Å². The van der Waals surface area contributed by atoms with Crippen LogP contribution in [0.1, 0.15) is 28.9 Å².